The molecule has 0 aromatic rings. The number of ether oxygens (including phenoxy) is 1. The zero-order valence-electron chi connectivity index (χ0n) is 10.7. The molecule has 0 spiro atoms. The van der Waals surface area contributed by atoms with Crippen molar-refractivity contribution in [2.75, 3.05) is 13.2 Å². The predicted octanol–water partition coefficient (Wildman–Crippen LogP) is 2.87. The summed E-state index contributed by atoms with van der Waals surface area (Å²) in [6, 6.07) is 0. The Morgan fingerprint density at radius 2 is 2.22 bits per heavy atom. The van der Waals surface area contributed by atoms with E-state index in [2.05, 4.69) is 19.2 Å². The van der Waals surface area contributed by atoms with Gasteiger partial charge in [0.15, 0.2) is 0 Å². The number of allylic oxidation sites excluding steroid dienone is 1. The van der Waals surface area contributed by atoms with Crippen LogP contribution in [0.4, 0.5) is 0 Å². The topological polar surface area (TPSA) is 38.3 Å². The van der Waals surface area contributed by atoms with Crippen LogP contribution in [0.5, 0.6) is 0 Å². The lowest BCUT2D eigenvalue weighted by Crippen LogP contribution is -2.33. The Morgan fingerprint density at radius 3 is 2.78 bits per heavy atom. The Bertz CT molecular complexity index is 358. The molecule has 1 N–H and O–H groups in total. The van der Waals surface area contributed by atoms with E-state index in [1.54, 1.807) is 6.08 Å². The highest BCUT2D eigenvalue weighted by Gasteiger charge is 2.60. The minimum Gasteiger partial charge on any atom is -0.376 e. The minimum absolute atomic E-state index is 0.0357. The summed E-state index contributed by atoms with van der Waals surface area (Å²) in [6.45, 7) is 5.53. The van der Waals surface area contributed by atoms with Gasteiger partial charge in [0, 0.05) is 13.2 Å². The highest BCUT2D eigenvalue weighted by molar-refractivity contribution is 6.55. The highest BCUT2D eigenvalue weighted by Crippen LogP contribution is 2.59. The van der Waals surface area contributed by atoms with E-state index in [1.807, 2.05) is 0 Å². The molecule has 0 aromatic heterocycles. The Morgan fingerprint density at radius 1 is 1.50 bits per heavy atom. The summed E-state index contributed by atoms with van der Waals surface area (Å²) in [5.74, 6) is 0.171. The third kappa shape index (κ3) is 3.01. The van der Waals surface area contributed by atoms with Crippen molar-refractivity contribution in [3.05, 3.63) is 10.6 Å². The molecular weight excluding hydrogens is 273 g/mol. The molecule has 1 saturated heterocycles. The average molecular weight is 292 g/mol. The fraction of sp³-hybridized carbons (Fsp3) is 0.769. The van der Waals surface area contributed by atoms with Gasteiger partial charge < -0.3 is 10.1 Å². The zero-order chi connectivity index (χ0) is 13.3. The van der Waals surface area contributed by atoms with Gasteiger partial charge in [-0.1, -0.05) is 37.0 Å². The summed E-state index contributed by atoms with van der Waals surface area (Å²) in [5.41, 5.74) is -0.0599. The molecule has 5 heteroatoms. The summed E-state index contributed by atoms with van der Waals surface area (Å²) in [7, 11) is 0. The summed E-state index contributed by atoms with van der Waals surface area (Å²) in [6.07, 6.45) is 4.06. The number of carbonyl (C=O) groups is 1. The zero-order valence-corrected chi connectivity index (χ0v) is 12.2. The van der Waals surface area contributed by atoms with E-state index in [4.69, 9.17) is 27.9 Å². The fourth-order valence-electron chi connectivity index (χ4n) is 2.75. The second-order valence-electron chi connectivity index (χ2n) is 5.66. The molecule has 1 saturated carbocycles. The Labute approximate surface area is 118 Å². The van der Waals surface area contributed by atoms with Gasteiger partial charge in [-0.2, -0.15) is 0 Å². The van der Waals surface area contributed by atoms with Crippen molar-refractivity contribution in [1.82, 2.24) is 5.32 Å². The van der Waals surface area contributed by atoms with Crippen molar-refractivity contribution in [2.24, 2.45) is 17.3 Å². The Hall–Kier alpha value is -0.250. The van der Waals surface area contributed by atoms with Crippen molar-refractivity contribution < 1.29 is 9.53 Å². The molecule has 0 unspecified atom stereocenters. The van der Waals surface area contributed by atoms with Gasteiger partial charge in [-0.3, -0.25) is 4.79 Å². The first-order valence-electron chi connectivity index (χ1n) is 6.35. The fourth-order valence-corrected chi connectivity index (χ4v) is 3.03. The number of amides is 1. The van der Waals surface area contributed by atoms with Crippen molar-refractivity contribution >= 4 is 29.1 Å². The predicted molar refractivity (Wildman–Crippen MR) is 72.5 cm³/mol. The number of rotatable bonds is 4. The lowest BCUT2D eigenvalue weighted by molar-refractivity contribution is -0.123. The van der Waals surface area contributed by atoms with E-state index in [-0.39, 0.29) is 33.8 Å². The first-order chi connectivity index (χ1) is 8.43. The van der Waals surface area contributed by atoms with Gasteiger partial charge in [0.25, 0.3) is 0 Å². The summed E-state index contributed by atoms with van der Waals surface area (Å²) < 4.78 is 5.72. The summed E-state index contributed by atoms with van der Waals surface area (Å²) >= 11 is 11.3. The van der Waals surface area contributed by atoms with E-state index < -0.39 is 0 Å². The van der Waals surface area contributed by atoms with Crippen LogP contribution in [-0.4, -0.2) is 25.2 Å². The van der Waals surface area contributed by atoms with Gasteiger partial charge in [-0.15, -0.1) is 0 Å². The molecular formula is C13H19Cl2NO2. The third-order valence-electron chi connectivity index (χ3n) is 4.03. The Balaban J connectivity index is 1.84. The van der Waals surface area contributed by atoms with Crippen LogP contribution in [-0.2, 0) is 9.53 Å². The van der Waals surface area contributed by atoms with Crippen molar-refractivity contribution in [2.45, 2.75) is 32.8 Å². The minimum atomic E-state index is -0.0599. The first kappa shape index (κ1) is 14.2. The van der Waals surface area contributed by atoms with Gasteiger partial charge in [-0.05, 0) is 30.3 Å². The molecule has 1 amide bonds. The number of hydrogen-bond acceptors (Lipinski definition) is 2. The molecule has 2 fully saturated rings. The number of hydrogen-bond donors (Lipinski definition) is 1. The van der Waals surface area contributed by atoms with Crippen LogP contribution in [0.15, 0.2) is 10.6 Å². The average Bonchev–Trinajstić information content (AvgIpc) is 2.70. The van der Waals surface area contributed by atoms with E-state index in [9.17, 15) is 4.79 Å². The normalized spacial score (nSPS) is 33.0. The molecule has 1 aliphatic carbocycles. The molecule has 3 atom stereocenters. The largest absolute Gasteiger partial charge is 0.376 e. The quantitative estimate of drug-likeness (QED) is 0.865. The van der Waals surface area contributed by atoms with E-state index in [0.29, 0.717) is 6.54 Å². The maximum atomic E-state index is 12.1. The van der Waals surface area contributed by atoms with Crippen LogP contribution < -0.4 is 5.32 Å². The molecule has 1 heterocycles. The van der Waals surface area contributed by atoms with Crippen LogP contribution in [0, 0.1) is 17.3 Å². The molecule has 0 aromatic carbocycles. The molecule has 2 rings (SSSR count). The van der Waals surface area contributed by atoms with Gasteiger partial charge in [0.1, 0.15) is 4.49 Å². The second-order valence-corrected chi connectivity index (χ2v) is 6.67. The van der Waals surface area contributed by atoms with Gasteiger partial charge in [0.05, 0.1) is 12.0 Å². The van der Waals surface area contributed by atoms with Crippen LogP contribution in [0.3, 0.4) is 0 Å². The van der Waals surface area contributed by atoms with E-state index in [0.717, 1.165) is 19.4 Å². The number of carbonyl (C=O) groups excluding carboxylic acids is 1. The molecule has 102 valence electrons. The van der Waals surface area contributed by atoms with Gasteiger partial charge in [0.2, 0.25) is 5.91 Å². The van der Waals surface area contributed by atoms with E-state index >= 15 is 0 Å². The van der Waals surface area contributed by atoms with Crippen LogP contribution in [0.2, 0.25) is 0 Å². The van der Waals surface area contributed by atoms with Crippen LogP contribution in [0.25, 0.3) is 0 Å². The summed E-state index contributed by atoms with van der Waals surface area (Å²) in [5, 5.41) is 2.97. The summed E-state index contributed by atoms with van der Waals surface area (Å²) in [4.78, 5) is 12.1. The number of nitrogens with one attached hydrogen (secondary N) is 1. The second kappa shape index (κ2) is 5.40. The standard InChI is InChI=1S/C13H19Cl2NO2/c1-13(2)9(6-10(14)15)11(13)12(17)16-7-8-4-3-5-18-8/h6,8-9,11H,3-5,7H2,1-2H3,(H,16,17)/t8-,9-,11-/m1/s1. The molecule has 2 aliphatic rings. The maximum absolute atomic E-state index is 12.1. The molecule has 0 bridgehead atoms. The highest BCUT2D eigenvalue weighted by atomic mass is 35.5. The van der Waals surface area contributed by atoms with Crippen molar-refractivity contribution in [3.8, 4) is 0 Å². The lowest BCUT2D eigenvalue weighted by Gasteiger charge is -2.11. The monoisotopic (exact) mass is 291 g/mol. The van der Waals surface area contributed by atoms with Crippen LogP contribution in [0.1, 0.15) is 26.7 Å². The van der Waals surface area contributed by atoms with Gasteiger partial charge in [-0.25, -0.2) is 0 Å². The Kier molecular flexibility index (Phi) is 4.25. The lowest BCUT2D eigenvalue weighted by atomic mass is 10.1. The smallest absolute Gasteiger partial charge is 0.224 e. The first-order valence-corrected chi connectivity index (χ1v) is 7.10. The van der Waals surface area contributed by atoms with Crippen molar-refractivity contribution in [3.63, 3.8) is 0 Å². The maximum Gasteiger partial charge on any atom is 0.224 e. The van der Waals surface area contributed by atoms with Crippen LogP contribution >= 0.6 is 23.2 Å². The third-order valence-corrected chi connectivity index (χ3v) is 4.28. The van der Waals surface area contributed by atoms with Gasteiger partial charge >= 0.3 is 0 Å². The number of halogens is 2. The molecule has 18 heavy (non-hydrogen) atoms. The molecule has 3 nitrogen and oxygen atoms in total. The van der Waals surface area contributed by atoms with Crippen molar-refractivity contribution in [1.29, 1.82) is 0 Å². The molecule has 0 radical (unpaired) electrons. The van der Waals surface area contributed by atoms with E-state index in [1.165, 1.54) is 0 Å². The molecule has 1 aliphatic heterocycles. The SMILES string of the molecule is CC1(C)[C@H](C=C(Cl)Cl)[C@@H]1C(=O)NC[C@H]1CCCO1.